The molecule has 9 nitrogen and oxygen atoms in total. The highest BCUT2D eigenvalue weighted by molar-refractivity contribution is 8.01. The molecule has 202 valence electrons. The number of aliphatic carboxylic acids is 1. The van der Waals surface area contributed by atoms with Crippen LogP contribution in [0.5, 0.6) is 0 Å². The molecule has 3 aromatic rings. The number of carboxylic acid groups (broad SMARTS) is 1. The van der Waals surface area contributed by atoms with E-state index in [4.69, 9.17) is 16.2 Å². The number of benzene rings is 2. The molecule has 0 saturated heterocycles. The van der Waals surface area contributed by atoms with E-state index in [-0.39, 0.29) is 27.7 Å². The van der Waals surface area contributed by atoms with Gasteiger partial charge in [-0.15, -0.1) is 23.1 Å². The summed E-state index contributed by atoms with van der Waals surface area (Å²) >= 11 is 2.38. The van der Waals surface area contributed by atoms with Gasteiger partial charge in [-0.1, -0.05) is 42.8 Å². The Bertz CT molecular complexity index is 1440. The van der Waals surface area contributed by atoms with Crippen molar-refractivity contribution < 1.29 is 23.1 Å². The summed E-state index contributed by atoms with van der Waals surface area (Å²) in [6.07, 6.45) is 3.59. The molecule has 0 radical (unpaired) electrons. The molecule has 6 N–H and O–H groups in total. The van der Waals surface area contributed by atoms with E-state index in [1.807, 2.05) is 30.3 Å². The van der Waals surface area contributed by atoms with Crippen molar-refractivity contribution in [1.29, 1.82) is 5.41 Å². The number of thioether (sulfide) groups is 1. The molecule has 0 bridgehead atoms. The van der Waals surface area contributed by atoms with Crippen LogP contribution in [0.3, 0.4) is 0 Å². The lowest BCUT2D eigenvalue weighted by atomic mass is 10.00. The Kier molecular flexibility index (Phi) is 9.95. The van der Waals surface area contributed by atoms with E-state index in [1.165, 1.54) is 17.8 Å². The minimum absolute atomic E-state index is 0.0290. The maximum absolute atomic E-state index is 14.1. The maximum Gasteiger partial charge on any atom is 0.319 e. The van der Waals surface area contributed by atoms with Crippen molar-refractivity contribution in [2.75, 3.05) is 18.1 Å². The quantitative estimate of drug-likeness (QED) is 0.0845. The molecule has 0 fully saturated rings. The van der Waals surface area contributed by atoms with E-state index in [2.05, 4.69) is 10.6 Å². The highest BCUT2D eigenvalue weighted by atomic mass is 32.2. The Morgan fingerprint density at radius 1 is 1.11 bits per heavy atom. The molecule has 0 saturated carbocycles. The van der Waals surface area contributed by atoms with Crippen LogP contribution in [0.25, 0.3) is 11.1 Å². The van der Waals surface area contributed by atoms with Gasteiger partial charge in [0.25, 0.3) is 0 Å². The fourth-order valence-electron chi connectivity index (χ4n) is 3.94. The predicted octanol–water partition coefficient (Wildman–Crippen LogP) is 5.33. The number of anilines is 1. The molecule has 2 amide bonds. The van der Waals surface area contributed by atoms with Crippen molar-refractivity contribution in [2.24, 2.45) is 5.73 Å². The number of nitrogens with one attached hydrogen (secondary N) is 3. The van der Waals surface area contributed by atoms with Crippen molar-refractivity contribution in [2.45, 2.75) is 46.6 Å². The van der Waals surface area contributed by atoms with Gasteiger partial charge in [-0.3, -0.25) is 10.2 Å². The summed E-state index contributed by atoms with van der Waals surface area (Å²) in [6.45, 7) is 2.02. The molecule has 1 aromatic heterocycles. The van der Waals surface area contributed by atoms with E-state index in [0.29, 0.717) is 46.0 Å². The second kappa shape index (κ2) is 12.9. The minimum atomic E-state index is -4.13. The number of nitrogens with two attached hydrogens (primary N) is 1. The van der Waals surface area contributed by atoms with Crippen LogP contribution >= 0.6 is 23.1 Å². The summed E-state index contributed by atoms with van der Waals surface area (Å²) < 4.78 is 28.7. The number of urea groups is 1. The minimum Gasteiger partial charge on any atom is -0.481 e. The Morgan fingerprint density at radius 3 is 2.45 bits per heavy atom. The number of nitrogen functional groups attached to an aromatic ring is 1. The molecule has 38 heavy (non-hydrogen) atoms. The van der Waals surface area contributed by atoms with Gasteiger partial charge in [0.1, 0.15) is 5.84 Å². The normalized spacial score (nSPS) is 11.2. The molecule has 0 spiro atoms. The van der Waals surface area contributed by atoms with Gasteiger partial charge in [0.05, 0.1) is 24.6 Å². The van der Waals surface area contributed by atoms with Gasteiger partial charge < -0.3 is 21.5 Å². The number of amides is 2. The lowest BCUT2D eigenvalue weighted by Crippen LogP contribution is -2.30. The molecular weight excluding hydrogens is 545 g/mol. The number of hydrogen-bond acceptors (Lipinski definition) is 7. The third-order valence-corrected chi connectivity index (χ3v) is 10.3. The number of rotatable bonds is 12. The number of hydrogen-bond donors (Lipinski definition) is 5. The monoisotopic (exact) mass is 574 g/mol. The third kappa shape index (κ3) is 6.94. The molecule has 1 heterocycles. The first-order valence-electron chi connectivity index (χ1n) is 11.8. The summed E-state index contributed by atoms with van der Waals surface area (Å²) in [7, 11) is -4.13. The van der Waals surface area contributed by atoms with Crippen LogP contribution in [0, 0.1) is 12.3 Å². The van der Waals surface area contributed by atoms with E-state index < -0.39 is 21.8 Å². The lowest BCUT2D eigenvalue weighted by Gasteiger charge is -2.18. The van der Waals surface area contributed by atoms with Crippen LogP contribution in [0.15, 0.2) is 62.5 Å². The zero-order chi connectivity index (χ0) is 27.9. The second-order valence-corrected chi connectivity index (χ2v) is 12.4. The van der Waals surface area contributed by atoms with Crippen LogP contribution in [0.1, 0.15) is 36.1 Å². The van der Waals surface area contributed by atoms with Crippen LogP contribution in [0.4, 0.5) is 10.5 Å². The van der Waals surface area contributed by atoms with Crippen LogP contribution in [-0.2, 0) is 14.6 Å². The topological polar surface area (TPSA) is 162 Å². The van der Waals surface area contributed by atoms with Crippen LogP contribution in [-0.4, -0.2) is 44.2 Å². The largest absolute Gasteiger partial charge is 0.481 e. The average molecular weight is 575 g/mol. The third-order valence-electron chi connectivity index (χ3n) is 5.77. The molecule has 0 atom stereocenters. The highest BCUT2D eigenvalue weighted by Gasteiger charge is 2.30. The van der Waals surface area contributed by atoms with Crippen LogP contribution in [0.2, 0.25) is 0 Å². The first kappa shape index (κ1) is 29.2. The number of unbranched alkanes of at least 4 members (excludes halogenated alkanes) is 2. The van der Waals surface area contributed by atoms with E-state index in [0.717, 1.165) is 16.9 Å². The van der Waals surface area contributed by atoms with E-state index >= 15 is 0 Å². The molecule has 0 unspecified atom stereocenters. The van der Waals surface area contributed by atoms with Gasteiger partial charge in [-0.25, -0.2) is 13.2 Å². The number of thiophene rings is 1. The van der Waals surface area contributed by atoms with E-state index in [1.54, 1.807) is 25.3 Å². The standard InChI is InChI=1S/C26H30N4O5S3/c1-16-18(17-9-5-3-6-10-17)12-13-19(30-26(33)29-14-8-4-7-11-22(31)32)23(16)38(34,35)21-15-20(24(27)28)37-25(21)36-2/h3,5-6,9-10,12-13,15H,4,7-8,11,14H2,1-2H3,(H3,27,28)(H,31,32)(H2,29,30,33). The Morgan fingerprint density at radius 2 is 1.82 bits per heavy atom. The van der Waals surface area contributed by atoms with Gasteiger partial charge >= 0.3 is 12.0 Å². The van der Waals surface area contributed by atoms with Crippen molar-refractivity contribution in [3.05, 3.63) is 59.0 Å². The van der Waals surface area contributed by atoms with Gasteiger partial charge in [0.2, 0.25) is 9.84 Å². The molecule has 0 aliphatic rings. The highest BCUT2D eigenvalue weighted by Crippen LogP contribution is 2.42. The van der Waals surface area contributed by atoms with Gasteiger partial charge in [-0.2, -0.15) is 0 Å². The molecule has 0 aliphatic heterocycles. The maximum atomic E-state index is 14.1. The number of carbonyl (C=O) groups is 2. The summed E-state index contributed by atoms with van der Waals surface area (Å²) in [6, 6.07) is 13.6. The zero-order valence-electron chi connectivity index (χ0n) is 21.0. The van der Waals surface area contributed by atoms with E-state index in [9.17, 15) is 18.0 Å². The summed E-state index contributed by atoms with van der Waals surface area (Å²) in [5, 5.41) is 21.9. The average Bonchev–Trinajstić information content (AvgIpc) is 3.32. The first-order valence-corrected chi connectivity index (χ1v) is 15.3. The molecule has 0 aliphatic carbocycles. The lowest BCUT2D eigenvalue weighted by molar-refractivity contribution is -0.137. The van der Waals surface area contributed by atoms with Crippen molar-refractivity contribution in [3.8, 4) is 11.1 Å². The second-order valence-electron chi connectivity index (χ2n) is 8.45. The van der Waals surface area contributed by atoms with Crippen molar-refractivity contribution in [1.82, 2.24) is 5.32 Å². The fraction of sp³-hybridized carbons (Fsp3) is 0.269. The number of amidine groups is 1. The molecule has 3 rings (SSSR count). The van der Waals surface area contributed by atoms with Gasteiger partial charge in [0, 0.05) is 13.0 Å². The summed E-state index contributed by atoms with van der Waals surface area (Å²) in [4.78, 5) is 23.7. The Labute approximate surface area is 230 Å². The van der Waals surface area contributed by atoms with Crippen LogP contribution < -0.4 is 16.4 Å². The Hall–Kier alpha value is -3.35. The molecular formula is C26H30N4O5S3. The summed E-state index contributed by atoms with van der Waals surface area (Å²) in [5.41, 5.74) is 7.80. The van der Waals surface area contributed by atoms with Gasteiger partial charge in [-0.05, 0) is 54.8 Å². The first-order chi connectivity index (χ1) is 18.1. The SMILES string of the molecule is CSc1sc(C(=N)N)cc1S(=O)(=O)c1c(NC(=O)NCCCCCC(=O)O)ccc(-c2ccccc2)c1C. The smallest absolute Gasteiger partial charge is 0.319 e. The summed E-state index contributed by atoms with van der Waals surface area (Å²) in [5.74, 6) is -1.08. The van der Waals surface area contributed by atoms with Gasteiger partial charge in [0.15, 0.2) is 0 Å². The fourth-order valence-corrected chi connectivity index (χ4v) is 8.19. The number of carboxylic acids is 1. The van der Waals surface area contributed by atoms with Crippen molar-refractivity contribution in [3.63, 3.8) is 0 Å². The number of carbonyl (C=O) groups excluding carboxylic acids is 1. The zero-order valence-corrected chi connectivity index (χ0v) is 23.5. The molecule has 12 heteroatoms. The Balaban J connectivity index is 1.99. The van der Waals surface area contributed by atoms with Crippen molar-refractivity contribution >= 4 is 56.5 Å². The number of sulfone groups is 1. The predicted molar refractivity (Wildman–Crippen MR) is 152 cm³/mol. The molecule has 2 aromatic carbocycles.